The van der Waals surface area contributed by atoms with Gasteiger partial charge < -0.3 is 14.4 Å². The number of amides is 1. The number of methoxy groups -OCH3 is 1. The van der Waals surface area contributed by atoms with Crippen LogP contribution < -0.4 is 14.4 Å². The lowest BCUT2D eigenvalue weighted by Gasteiger charge is -2.50. The molecule has 2 aromatic rings. The van der Waals surface area contributed by atoms with Crippen molar-refractivity contribution in [2.24, 2.45) is 11.8 Å². The molecule has 4 atom stereocenters. The summed E-state index contributed by atoms with van der Waals surface area (Å²) in [6.45, 7) is 10.1. The first-order valence-electron chi connectivity index (χ1n) is 17.4. The van der Waals surface area contributed by atoms with Gasteiger partial charge in [0.25, 0.3) is 5.91 Å². The number of ether oxygens (including phenoxy) is 2. The molecule has 0 radical (unpaired) electrons. The maximum atomic E-state index is 13.4. The third kappa shape index (κ3) is 7.70. The van der Waals surface area contributed by atoms with E-state index in [1.165, 1.54) is 25.0 Å². The lowest BCUT2D eigenvalue weighted by molar-refractivity contribution is -0.0597. The number of rotatable bonds is 12. The molecular weight excluding hydrogens is 684 g/mol. The van der Waals surface area contributed by atoms with Gasteiger partial charge in [0, 0.05) is 36.2 Å². The Balaban J connectivity index is 1.56. The van der Waals surface area contributed by atoms with Crippen LogP contribution in [0, 0.1) is 11.8 Å². The minimum Gasteiger partial charge on any atom is -0.490 e. The Hall–Kier alpha value is -2.60. The van der Waals surface area contributed by atoms with Gasteiger partial charge in [0.1, 0.15) is 11.4 Å². The molecule has 1 aliphatic heterocycles. The molecule has 49 heavy (non-hydrogen) atoms. The highest BCUT2D eigenvalue weighted by Gasteiger charge is 2.51. The van der Waals surface area contributed by atoms with Gasteiger partial charge in [-0.3, -0.25) is 4.79 Å². The van der Waals surface area contributed by atoms with Crippen molar-refractivity contribution in [2.75, 3.05) is 37.5 Å². The topological polar surface area (TPSA) is 119 Å². The first-order chi connectivity index (χ1) is 23.1. The summed E-state index contributed by atoms with van der Waals surface area (Å²) in [5.41, 5.74) is 1.99. The number of sulfonamides is 1. The fraction of sp³-hybridized carbons (Fsp3) is 0.595. The molecule has 0 unspecified atom stereocenters. The third-order valence-corrected chi connectivity index (χ3v) is 15.1. The predicted octanol–water partition coefficient (Wildman–Crippen LogP) is 6.48. The summed E-state index contributed by atoms with van der Waals surface area (Å²) >= 11 is 6.44. The zero-order valence-electron chi connectivity index (χ0n) is 29.5. The smallest absolute Gasteiger partial charge is 0.264 e. The minimum atomic E-state index is -3.84. The van der Waals surface area contributed by atoms with Crippen molar-refractivity contribution in [3.8, 4) is 5.75 Å². The zero-order valence-corrected chi connectivity index (χ0v) is 31.9. The maximum Gasteiger partial charge on any atom is 0.264 e. The SMILES string of the molecule is CC/C=C/[C@](CS(=O)(=O)C(C)C)(OC)[C@@H]1CC[C@H]1CN1C[C@@]2(CCCc3cc(Cl)ccc32)COc2ccc(C(=O)NS(=O)(=O)C(C)C)cc21. The van der Waals surface area contributed by atoms with E-state index in [2.05, 4.69) is 15.7 Å². The van der Waals surface area contributed by atoms with E-state index in [1.54, 1.807) is 39.2 Å². The summed E-state index contributed by atoms with van der Waals surface area (Å²) < 4.78 is 66.9. The van der Waals surface area contributed by atoms with E-state index in [0.29, 0.717) is 36.2 Å². The summed E-state index contributed by atoms with van der Waals surface area (Å²) in [5.74, 6) is -0.158. The molecule has 12 heteroatoms. The molecule has 0 saturated heterocycles. The Morgan fingerprint density at radius 1 is 1.12 bits per heavy atom. The standard InChI is InChI=1S/C37H51ClN2O7S2/c1-7-8-18-37(46-6,24-48(42,43)25(2)3)32-14-11-29(32)21-40-22-36(17-9-10-27-19-30(38)13-15-31(27)36)23-47-34-16-12-28(20-33(34)40)35(41)39-49(44,45)26(4)5/h8,12-13,15-16,18-20,25-26,29,32H,7,9-11,14,17,21-24H2,1-6H3,(H,39,41)/b18-8+/t29-,32+,36-,37+/m0/s1. The van der Waals surface area contributed by atoms with Gasteiger partial charge in [0.05, 0.1) is 28.5 Å². The largest absolute Gasteiger partial charge is 0.490 e. The number of aryl methyl sites for hydroxylation is 1. The van der Waals surface area contributed by atoms with Crippen LogP contribution in [0.3, 0.4) is 0 Å². The maximum absolute atomic E-state index is 13.4. The molecule has 2 aromatic carbocycles. The average molecular weight is 735 g/mol. The third-order valence-electron chi connectivity index (χ3n) is 10.8. The molecule has 0 aromatic heterocycles. The van der Waals surface area contributed by atoms with E-state index in [1.807, 2.05) is 31.2 Å². The molecule has 1 N–H and O–H groups in total. The number of allylic oxidation sites excluding steroid dienone is 1. The van der Waals surface area contributed by atoms with Crippen molar-refractivity contribution in [1.82, 2.24) is 4.72 Å². The molecule has 270 valence electrons. The van der Waals surface area contributed by atoms with Crippen LogP contribution in [0.25, 0.3) is 0 Å². The molecule has 2 aliphatic carbocycles. The van der Waals surface area contributed by atoms with Crippen LogP contribution in [0.15, 0.2) is 48.6 Å². The lowest BCUT2D eigenvalue weighted by atomic mass is 9.64. The van der Waals surface area contributed by atoms with E-state index in [9.17, 15) is 21.6 Å². The summed E-state index contributed by atoms with van der Waals surface area (Å²) in [5, 5.41) is -0.606. The second-order valence-electron chi connectivity index (χ2n) is 14.6. The molecule has 1 fully saturated rings. The number of hydrogen-bond acceptors (Lipinski definition) is 8. The van der Waals surface area contributed by atoms with Crippen LogP contribution >= 0.6 is 11.6 Å². The average Bonchev–Trinajstić information content (AvgIpc) is 3.18. The van der Waals surface area contributed by atoms with Crippen molar-refractivity contribution in [3.05, 3.63) is 70.3 Å². The van der Waals surface area contributed by atoms with E-state index < -0.39 is 41.9 Å². The zero-order chi connectivity index (χ0) is 35.8. The van der Waals surface area contributed by atoms with E-state index in [4.69, 9.17) is 21.1 Å². The van der Waals surface area contributed by atoms with E-state index in [-0.39, 0.29) is 28.6 Å². The fourth-order valence-corrected chi connectivity index (χ4v) is 9.83. The molecule has 3 aliphatic rings. The first kappa shape index (κ1) is 37.7. The van der Waals surface area contributed by atoms with Crippen LogP contribution in [-0.2, 0) is 36.4 Å². The highest BCUT2D eigenvalue weighted by atomic mass is 35.5. The van der Waals surface area contributed by atoms with E-state index >= 15 is 0 Å². The second-order valence-corrected chi connectivity index (χ2v) is 19.8. The van der Waals surface area contributed by atoms with Gasteiger partial charge in [-0.25, -0.2) is 21.6 Å². The van der Waals surface area contributed by atoms with Crippen LogP contribution in [0.4, 0.5) is 5.69 Å². The predicted molar refractivity (Wildman–Crippen MR) is 196 cm³/mol. The normalized spacial score (nSPS) is 23.8. The highest BCUT2D eigenvalue weighted by Crippen LogP contribution is 2.49. The summed E-state index contributed by atoms with van der Waals surface area (Å²) in [7, 11) is -5.67. The van der Waals surface area contributed by atoms with Gasteiger partial charge in [-0.1, -0.05) is 36.7 Å². The molecule has 1 saturated carbocycles. The van der Waals surface area contributed by atoms with Crippen LogP contribution in [0.1, 0.15) is 88.2 Å². The first-order valence-corrected chi connectivity index (χ1v) is 21.0. The number of nitrogens with one attached hydrogen (secondary N) is 1. The second kappa shape index (κ2) is 14.6. The Kier molecular flexibility index (Phi) is 11.2. The minimum absolute atomic E-state index is 0.0579. The number of nitrogens with zero attached hydrogens (tertiary/aromatic N) is 1. The van der Waals surface area contributed by atoms with Gasteiger partial charge >= 0.3 is 0 Å². The van der Waals surface area contributed by atoms with Crippen molar-refractivity contribution in [1.29, 1.82) is 0 Å². The van der Waals surface area contributed by atoms with Gasteiger partial charge in [-0.2, -0.15) is 0 Å². The summed E-state index contributed by atoms with van der Waals surface area (Å²) in [6, 6.07) is 11.2. The Labute approximate surface area is 297 Å². The Bertz CT molecular complexity index is 1790. The lowest BCUT2D eigenvalue weighted by Crippen LogP contribution is -2.55. The number of fused-ring (bicyclic) bond motifs is 3. The molecule has 1 heterocycles. The summed E-state index contributed by atoms with van der Waals surface area (Å²) in [4.78, 5) is 15.6. The quantitative estimate of drug-likeness (QED) is 0.246. The van der Waals surface area contributed by atoms with Crippen molar-refractivity contribution >= 4 is 43.1 Å². The number of sulfone groups is 1. The van der Waals surface area contributed by atoms with Crippen molar-refractivity contribution < 1.29 is 31.1 Å². The van der Waals surface area contributed by atoms with Gasteiger partial charge in [0.15, 0.2) is 9.84 Å². The van der Waals surface area contributed by atoms with Crippen molar-refractivity contribution in [3.63, 3.8) is 0 Å². The van der Waals surface area contributed by atoms with Crippen molar-refractivity contribution in [2.45, 2.75) is 94.7 Å². The molecule has 0 bridgehead atoms. The number of halogens is 1. The molecular formula is C37H51ClN2O7S2. The number of benzene rings is 2. The number of anilines is 1. The number of carbonyl (C=O) groups excluding carboxylic acids is 1. The molecule has 9 nitrogen and oxygen atoms in total. The molecule has 1 spiro atoms. The van der Waals surface area contributed by atoms with Crippen LogP contribution in [0.2, 0.25) is 5.02 Å². The van der Waals surface area contributed by atoms with E-state index in [0.717, 1.165) is 38.5 Å². The van der Waals surface area contributed by atoms with Gasteiger partial charge in [-0.05, 0) is 120 Å². The van der Waals surface area contributed by atoms with Gasteiger partial charge in [0.2, 0.25) is 10.0 Å². The van der Waals surface area contributed by atoms with Crippen LogP contribution in [0.5, 0.6) is 5.75 Å². The molecule has 5 rings (SSSR count). The molecule has 1 amide bonds. The van der Waals surface area contributed by atoms with Crippen LogP contribution in [-0.4, -0.2) is 71.4 Å². The monoisotopic (exact) mass is 734 g/mol. The van der Waals surface area contributed by atoms with Gasteiger partial charge in [-0.15, -0.1) is 0 Å². The Morgan fingerprint density at radius 3 is 2.51 bits per heavy atom. The Morgan fingerprint density at radius 2 is 1.88 bits per heavy atom. The summed E-state index contributed by atoms with van der Waals surface area (Å²) in [6.07, 6.45) is 9.21. The highest BCUT2D eigenvalue weighted by molar-refractivity contribution is 7.92. The fourth-order valence-electron chi connectivity index (χ4n) is 7.63. The number of carbonyl (C=O) groups is 1. The number of hydrogen-bond donors (Lipinski definition) is 1.